The zero-order valence-corrected chi connectivity index (χ0v) is 28.7. The topological polar surface area (TPSA) is 125 Å². The molecule has 1 atom stereocenters. The van der Waals surface area contributed by atoms with Crippen molar-refractivity contribution < 1.29 is 97.1 Å². The van der Waals surface area contributed by atoms with Gasteiger partial charge in [-0.3, -0.25) is 4.79 Å². The maximum absolute atomic E-state index is 12.1. The number of carbonyl (C=O) groups is 2. The summed E-state index contributed by atoms with van der Waals surface area (Å²) in [7, 11) is -5.38. The SMILES string of the molecule is CC#CC#CC#CC#CC#CC#CC(=O)O[C@H](COP(=O)([O-])[O-])OC(=O)CCCCCCCCCCCC.[Na+].[Na+]. The third-order valence-corrected chi connectivity index (χ3v) is 4.92. The van der Waals surface area contributed by atoms with Gasteiger partial charge in [-0.2, -0.15) is 0 Å². The summed E-state index contributed by atoms with van der Waals surface area (Å²) in [4.78, 5) is 45.4. The summed E-state index contributed by atoms with van der Waals surface area (Å²) in [6.45, 7) is 2.84. The van der Waals surface area contributed by atoms with Gasteiger partial charge in [-0.05, 0) is 72.5 Å². The summed E-state index contributed by atoms with van der Waals surface area (Å²) in [5.74, 6) is 26.5. The largest absolute Gasteiger partial charge is 1.00 e. The maximum atomic E-state index is 12.1. The van der Waals surface area contributed by atoms with Crippen LogP contribution in [0.3, 0.4) is 0 Å². The van der Waals surface area contributed by atoms with Crippen molar-refractivity contribution in [3.8, 4) is 71.0 Å². The Morgan fingerprint density at radius 1 is 0.700 bits per heavy atom. The average Bonchev–Trinajstić information content (AvgIpc) is 2.86. The third-order valence-electron chi connectivity index (χ3n) is 4.46. The minimum absolute atomic E-state index is 0. The Morgan fingerprint density at radius 2 is 1.15 bits per heavy atom. The molecule has 0 rings (SSSR count). The van der Waals surface area contributed by atoms with Crippen LogP contribution in [0.2, 0.25) is 0 Å². The van der Waals surface area contributed by atoms with E-state index >= 15 is 0 Å². The molecule has 0 aromatic heterocycles. The number of unbranched alkanes of at least 4 members (excludes halogenated alkanes) is 9. The van der Waals surface area contributed by atoms with E-state index in [1.165, 1.54) is 32.1 Å². The van der Waals surface area contributed by atoms with Crippen molar-refractivity contribution in [3.05, 3.63) is 0 Å². The van der Waals surface area contributed by atoms with E-state index in [2.05, 4.69) is 76.6 Å². The van der Waals surface area contributed by atoms with Gasteiger partial charge in [0.05, 0.1) is 7.82 Å². The van der Waals surface area contributed by atoms with E-state index in [1.807, 2.05) is 5.92 Å². The molecule has 0 aliphatic rings. The van der Waals surface area contributed by atoms with Crippen molar-refractivity contribution in [1.82, 2.24) is 0 Å². The Hall–Kier alpha value is -1.59. The van der Waals surface area contributed by atoms with Crippen LogP contribution in [0.25, 0.3) is 0 Å². The Morgan fingerprint density at radius 3 is 1.62 bits per heavy atom. The van der Waals surface area contributed by atoms with E-state index < -0.39 is 32.7 Å². The van der Waals surface area contributed by atoms with Crippen LogP contribution in [-0.4, -0.2) is 24.8 Å². The molecular weight excluding hydrogens is 553 g/mol. The molecule has 202 valence electrons. The van der Waals surface area contributed by atoms with Crippen LogP contribution in [-0.2, 0) is 28.2 Å². The molecule has 0 aliphatic carbocycles. The van der Waals surface area contributed by atoms with Gasteiger partial charge in [-0.15, -0.1) is 0 Å². The Balaban J connectivity index is -0.00000684. The second kappa shape index (κ2) is 30.4. The number of esters is 2. The molecule has 11 heteroatoms. The minimum Gasteiger partial charge on any atom is -0.790 e. The van der Waals surface area contributed by atoms with Crippen LogP contribution in [0, 0.1) is 71.0 Å². The first-order chi connectivity index (χ1) is 18.3. The van der Waals surface area contributed by atoms with Gasteiger partial charge in [0.2, 0.25) is 0 Å². The molecule has 0 N–H and O–H groups in total. The molecular formula is C29H31Na2O8P. The van der Waals surface area contributed by atoms with Gasteiger partial charge >= 0.3 is 71.1 Å². The predicted molar refractivity (Wildman–Crippen MR) is 138 cm³/mol. The smallest absolute Gasteiger partial charge is 0.790 e. The van der Waals surface area contributed by atoms with Gasteiger partial charge in [-0.25, -0.2) is 4.79 Å². The summed E-state index contributed by atoms with van der Waals surface area (Å²) in [5, 5.41) is 0. The van der Waals surface area contributed by atoms with Crippen molar-refractivity contribution in [2.24, 2.45) is 0 Å². The van der Waals surface area contributed by atoms with E-state index in [1.54, 1.807) is 6.92 Å². The van der Waals surface area contributed by atoms with E-state index in [0.717, 1.165) is 25.7 Å². The van der Waals surface area contributed by atoms with Crippen molar-refractivity contribution in [2.45, 2.75) is 90.8 Å². The molecule has 0 spiro atoms. The molecule has 0 aliphatic heterocycles. The first-order valence-corrected chi connectivity index (χ1v) is 13.7. The number of rotatable bonds is 16. The first-order valence-electron chi connectivity index (χ1n) is 12.3. The molecule has 0 unspecified atom stereocenters. The van der Waals surface area contributed by atoms with E-state index in [9.17, 15) is 23.9 Å². The van der Waals surface area contributed by atoms with Crippen molar-refractivity contribution >= 4 is 19.8 Å². The van der Waals surface area contributed by atoms with E-state index in [-0.39, 0.29) is 65.5 Å². The Kier molecular flexibility index (Phi) is 32.6. The van der Waals surface area contributed by atoms with Crippen LogP contribution >= 0.6 is 7.82 Å². The standard InChI is InChI=1S/C29H33O8P.2Na/c1-3-5-7-9-11-13-15-17-19-21-23-25-28(31)37-29(26-35-38(32,33)34)36-27(30)24-22-20-18-16-14-12-10-8-6-4-2;;/h29H,4,6,8,10,12,14,16,18,20,22,24,26H2,1-2H3,(H2,32,33,34);;/q;2*+1/p-2/t29-;;/m1../s1. The first kappa shape index (κ1) is 42.9. The molecule has 0 amide bonds. The van der Waals surface area contributed by atoms with Crippen molar-refractivity contribution in [2.75, 3.05) is 6.61 Å². The van der Waals surface area contributed by atoms with Crippen LogP contribution in [0.4, 0.5) is 0 Å². The monoisotopic (exact) mass is 584 g/mol. The number of ether oxygens (including phenoxy) is 2. The zero-order chi connectivity index (χ0) is 28.3. The van der Waals surface area contributed by atoms with Crippen LogP contribution in [0.1, 0.15) is 84.5 Å². The Bertz CT molecular complexity index is 1170. The van der Waals surface area contributed by atoms with Gasteiger partial charge in [0, 0.05) is 12.3 Å². The molecule has 8 nitrogen and oxygen atoms in total. The molecule has 0 radical (unpaired) electrons. The van der Waals surface area contributed by atoms with Gasteiger partial charge in [0.25, 0.3) is 6.29 Å². The van der Waals surface area contributed by atoms with Gasteiger partial charge in [0.15, 0.2) is 0 Å². The van der Waals surface area contributed by atoms with Crippen molar-refractivity contribution in [3.63, 3.8) is 0 Å². The average molecular weight is 585 g/mol. The predicted octanol–water partition coefficient (Wildman–Crippen LogP) is -3.40. The fraction of sp³-hybridized carbons (Fsp3) is 0.517. The van der Waals surface area contributed by atoms with Gasteiger partial charge < -0.3 is 28.3 Å². The Labute approximate surface area is 283 Å². The maximum Gasteiger partial charge on any atom is 1.00 e. The molecule has 0 bridgehead atoms. The molecule has 0 saturated heterocycles. The minimum atomic E-state index is -5.38. The summed E-state index contributed by atoms with van der Waals surface area (Å²) < 4.78 is 24.5. The number of phosphoric acid groups is 1. The number of hydrogen-bond donors (Lipinski definition) is 0. The second-order valence-corrected chi connectivity index (χ2v) is 8.78. The number of carbonyl (C=O) groups excluding carboxylic acids is 2. The van der Waals surface area contributed by atoms with E-state index in [4.69, 9.17) is 9.47 Å². The number of hydrogen-bond acceptors (Lipinski definition) is 8. The molecule has 0 saturated carbocycles. The molecule has 40 heavy (non-hydrogen) atoms. The van der Waals surface area contributed by atoms with Gasteiger partial charge in [-0.1, -0.05) is 70.6 Å². The zero-order valence-electron chi connectivity index (χ0n) is 23.8. The van der Waals surface area contributed by atoms with Gasteiger partial charge in [0.1, 0.15) is 6.61 Å². The third kappa shape index (κ3) is 32.6. The second-order valence-electron chi connectivity index (χ2n) is 7.62. The van der Waals surface area contributed by atoms with Crippen LogP contribution < -0.4 is 68.9 Å². The summed E-state index contributed by atoms with van der Waals surface area (Å²) in [5.41, 5.74) is 0. The van der Waals surface area contributed by atoms with Crippen LogP contribution in [0.5, 0.6) is 0 Å². The quantitative estimate of drug-likeness (QED) is 0.0350. The fourth-order valence-electron chi connectivity index (χ4n) is 2.75. The summed E-state index contributed by atoms with van der Waals surface area (Å²) >= 11 is 0. The fourth-order valence-corrected chi connectivity index (χ4v) is 3.05. The summed E-state index contributed by atoms with van der Waals surface area (Å²) in [6.07, 6.45) is 9.08. The number of phosphoric ester groups is 1. The van der Waals surface area contributed by atoms with E-state index in [0.29, 0.717) is 6.42 Å². The summed E-state index contributed by atoms with van der Waals surface area (Å²) in [6, 6.07) is 0. The molecule has 0 heterocycles. The molecule has 0 aromatic rings. The van der Waals surface area contributed by atoms with Crippen LogP contribution in [0.15, 0.2) is 0 Å². The normalized spacial score (nSPS) is 9.40. The van der Waals surface area contributed by atoms with Crippen molar-refractivity contribution in [1.29, 1.82) is 0 Å². The molecule has 0 fully saturated rings. The molecule has 0 aromatic carbocycles.